The van der Waals surface area contributed by atoms with Gasteiger partial charge in [-0.05, 0) is 35.9 Å². The van der Waals surface area contributed by atoms with Crippen LogP contribution in [0.1, 0.15) is 11.1 Å². The van der Waals surface area contributed by atoms with Gasteiger partial charge in [0.15, 0.2) is 0 Å². The van der Waals surface area contributed by atoms with E-state index < -0.39 is 5.82 Å². The Bertz CT molecular complexity index is 650. The Morgan fingerprint density at radius 1 is 1.11 bits per heavy atom. The van der Waals surface area contributed by atoms with Gasteiger partial charge in [-0.2, -0.15) is 5.26 Å². The van der Waals surface area contributed by atoms with Gasteiger partial charge in [0.05, 0.1) is 27.4 Å². The molecule has 5 heteroatoms. The highest BCUT2D eigenvalue weighted by Crippen LogP contribution is 2.24. The smallest absolute Gasteiger partial charge is 0.141 e. The molecule has 1 N–H and O–H groups in total. The van der Waals surface area contributed by atoms with Gasteiger partial charge in [0.25, 0.3) is 0 Å². The van der Waals surface area contributed by atoms with Gasteiger partial charge < -0.3 is 5.32 Å². The zero-order valence-corrected chi connectivity index (χ0v) is 11.3. The molecule has 0 heterocycles. The molecule has 0 unspecified atom stereocenters. The number of hydrogen-bond acceptors (Lipinski definition) is 2. The Hall–Kier alpha value is -1.76. The van der Waals surface area contributed by atoms with Gasteiger partial charge in [0.2, 0.25) is 0 Å². The van der Waals surface area contributed by atoms with Gasteiger partial charge in [-0.1, -0.05) is 29.3 Å². The van der Waals surface area contributed by atoms with E-state index in [0.717, 1.165) is 5.56 Å². The van der Waals surface area contributed by atoms with Crippen LogP contribution in [0.3, 0.4) is 0 Å². The Labute approximate surface area is 120 Å². The number of hydrogen-bond donors (Lipinski definition) is 1. The molecule has 0 spiro atoms. The van der Waals surface area contributed by atoms with Gasteiger partial charge in [0, 0.05) is 6.54 Å². The summed E-state index contributed by atoms with van der Waals surface area (Å²) in [5.74, 6) is -0.449. The van der Waals surface area contributed by atoms with Gasteiger partial charge in [0.1, 0.15) is 5.82 Å². The summed E-state index contributed by atoms with van der Waals surface area (Å²) in [5, 5.41) is 12.5. The van der Waals surface area contributed by atoms with Crippen molar-refractivity contribution >= 4 is 28.9 Å². The number of benzene rings is 2. The lowest BCUT2D eigenvalue weighted by Crippen LogP contribution is -2.00. The second-order valence-corrected chi connectivity index (χ2v) is 4.72. The largest absolute Gasteiger partial charge is 0.380 e. The molecule has 0 fully saturated rings. The van der Waals surface area contributed by atoms with Gasteiger partial charge in [-0.15, -0.1) is 0 Å². The zero-order valence-electron chi connectivity index (χ0n) is 9.75. The van der Waals surface area contributed by atoms with Crippen LogP contribution in [0, 0.1) is 17.1 Å². The number of nitrogens with one attached hydrogen (secondary N) is 1. The molecule has 96 valence electrons. The molecule has 19 heavy (non-hydrogen) atoms. The molecule has 0 aromatic heterocycles. The highest BCUT2D eigenvalue weighted by molar-refractivity contribution is 6.33. The number of nitriles is 1. The summed E-state index contributed by atoms with van der Waals surface area (Å²) in [4.78, 5) is 0. The Morgan fingerprint density at radius 3 is 2.58 bits per heavy atom. The third-order valence-electron chi connectivity index (χ3n) is 2.56. The molecule has 0 bridgehead atoms. The van der Waals surface area contributed by atoms with Gasteiger partial charge >= 0.3 is 0 Å². The van der Waals surface area contributed by atoms with Crippen molar-refractivity contribution in [2.24, 2.45) is 0 Å². The second kappa shape index (κ2) is 5.92. The quantitative estimate of drug-likeness (QED) is 0.897. The molecular formula is C14H9Cl2FN2. The molecule has 0 aliphatic rings. The first-order valence-corrected chi connectivity index (χ1v) is 6.23. The van der Waals surface area contributed by atoms with Gasteiger partial charge in [-0.3, -0.25) is 0 Å². The van der Waals surface area contributed by atoms with Crippen molar-refractivity contribution in [1.29, 1.82) is 5.26 Å². The summed E-state index contributed by atoms with van der Waals surface area (Å²) < 4.78 is 13.0. The van der Waals surface area contributed by atoms with E-state index in [2.05, 4.69) is 5.32 Å². The molecule has 2 aromatic carbocycles. The maximum absolute atomic E-state index is 13.0. The van der Waals surface area contributed by atoms with Crippen LogP contribution in [0.4, 0.5) is 10.1 Å². The van der Waals surface area contributed by atoms with Crippen LogP contribution < -0.4 is 5.32 Å². The lowest BCUT2D eigenvalue weighted by molar-refractivity contribution is 0.627. The maximum atomic E-state index is 13.0. The maximum Gasteiger partial charge on any atom is 0.141 e. The van der Waals surface area contributed by atoms with E-state index in [4.69, 9.17) is 28.5 Å². The average Bonchev–Trinajstić information content (AvgIpc) is 2.41. The van der Waals surface area contributed by atoms with Crippen molar-refractivity contribution in [2.45, 2.75) is 6.54 Å². The Morgan fingerprint density at radius 2 is 1.89 bits per heavy atom. The fraction of sp³-hybridized carbons (Fsp3) is 0.0714. The van der Waals surface area contributed by atoms with E-state index in [1.165, 1.54) is 6.07 Å². The SMILES string of the molecule is N#Cc1ccc(Cl)c(NCc2ccc(F)c(Cl)c2)c1. The summed E-state index contributed by atoms with van der Waals surface area (Å²) in [6.07, 6.45) is 0. The minimum Gasteiger partial charge on any atom is -0.380 e. The highest BCUT2D eigenvalue weighted by atomic mass is 35.5. The first-order valence-electron chi connectivity index (χ1n) is 5.47. The summed E-state index contributed by atoms with van der Waals surface area (Å²) in [6.45, 7) is 0.439. The number of anilines is 1. The Balaban J connectivity index is 2.14. The zero-order chi connectivity index (χ0) is 13.8. The van der Waals surface area contributed by atoms with Crippen LogP contribution in [0.15, 0.2) is 36.4 Å². The first-order chi connectivity index (χ1) is 9.10. The van der Waals surface area contributed by atoms with Crippen molar-refractivity contribution in [3.05, 3.63) is 63.4 Å². The summed E-state index contributed by atoms with van der Waals surface area (Å²) >= 11 is 11.7. The molecule has 0 aliphatic carbocycles. The topological polar surface area (TPSA) is 35.8 Å². The molecular weight excluding hydrogens is 286 g/mol. The molecule has 0 aliphatic heterocycles. The molecule has 0 saturated carbocycles. The van der Waals surface area contributed by atoms with Crippen LogP contribution in [-0.2, 0) is 6.54 Å². The van der Waals surface area contributed by atoms with E-state index >= 15 is 0 Å². The predicted octanol–water partition coefficient (Wildman–Crippen LogP) is 4.62. The molecule has 0 radical (unpaired) electrons. The van der Waals surface area contributed by atoms with Crippen LogP contribution >= 0.6 is 23.2 Å². The highest BCUT2D eigenvalue weighted by Gasteiger charge is 2.04. The standard InChI is InChI=1S/C14H9Cl2FN2/c15-11-3-1-9(7-18)6-14(11)19-8-10-2-4-13(17)12(16)5-10/h1-6,19H,8H2. The molecule has 2 nitrogen and oxygen atoms in total. The van der Waals surface area contributed by atoms with E-state index in [1.807, 2.05) is 6.07 Å². The summed E-state index contributed by atoms with van der Waals surface area (Å²) in [7, 11) is 0. The minimum absolute atomic E-state index is 0.0798. The molecule has 0 saturated heterocycles. The van der Waals surface area contributed by atoms with Crippen LogP contribution in [-0.4, -0.2) is 0 Å². The number of rotatable bonds is 3. The second-order valence-electron chi connectivity index (χ2n) is 3.91. The lowest BCUT2D eigenvalue weighted by Gasteiger charge is -2.09. The van der Waals surface area contributed by atoms with Crippen molar-refractivity contribution in [3.8, 4) is 6.07 Å². The number of nitrogens with zero attached hydrogens (tertiary/aromatic N) is 1. The molecule has 2 rings (SSSR count). The van der Waals surface area contributed by atoms with Crippen LogP contribution in [0.25, 0.3) is 0 Å². The monoisotopic (exact) mass is 294 g/mol. The number of halogens is 3. The molecule has 2 aromatic rings. The third-order valence-corrected chi connectivity index (χ3v) is 3.18. The van der Waals surface area contributed by atoms with Crippen molar-refractivity contribution < 1.29 is 4.39 Å². The van der Waals surface area contributed by atoms with Gasteiger partial charge in [-0.25, -0.2) is 4.39 Å². The Kier molecular flexibility index (Phi) is 4.26. The van der Waals surface area contributed by atoms with E-state index in [-0.39, 0.29) is 5.02 Å². The summed E-state index contributed by atoms with van der Waals surface area (Å²) in [6, 6.07) is 11.5. The first kappa shape index (κ1) is 13.7. The van der Waals surface area contributed by atoms with Crippen LogP contribution in [0.5, 0.6) is 0 Å². The van der Waals surface area contributed by atoms with E-state index in [1.54, 1.807) is 30.3 Å². The van der Waals surface area contributed by atoms with Crippen molar-refractivity contribution in [1.82, 2.24) is 0 Å². The lowest BCUT2D eigenvalue weighted by atomic mass is 10.2. The fourth-order valence-corrected chi connectivity index (χ4v) is 1.96. The minimum atomic E-state index is -0.449. The van der Waals surface area contributed by atoms with E-state index in [9.17, 15) is 4.39 Å². The molecule has 0 atom stereocenters. The summed E-state index contributed by atoms with van der Waals surface area (Å²) in [5.41, 5.74) is 2.00. The fourth-order valence-electron chi connectivity index (χ4n) is 1.58. The normalized spacial score (nSPS) is 10.0. The van der Waals surface area contributed by atoms with Crippen LogP contribution in [0.2, 0.25) is 10.0 Å². The van der Waals surface area contributed by atoms with Crippen molar-refractivity contribution in [3.63, 3.8) is 0 Å². The van der Waals surface area contributed by atoms with E-state index in [0.29, 0.717) is 22.8 Å². The molecule has 0 amide bonds. The third kappa shape index (κ3) is 3.37. The average molecular weight is 295 g/mol. The predicted molar refractivity (Wildman–Crippen MR) is 74.9 cm³/mol. The van der Waals surface area contributed by atoms with Crippen molar-refractivity contribution in [2.75, 3.05) is 5.32 Å².